The molecule has 0 saturated carbocycles. The van der Waals surface area contributed by atoms with Crippen molar-refractivity contribution in [3.8, 4) is 0 Å². The number of hydrogen-bond donors (Lipinski definition) is 1. The van der Waals surface area contributed by atoms with Gasteiger partial charge in [-0.1, -0.05) is 30.3 Å². The number of rotatable bonds is 7. The summed E-state index contributed by atoms with van der Waals surface area (Å²) in [6, 6.07) is 10.4. The van der Waals surface area contributed by atoms with E-state index in [9.17, 15) is 5.11 Å². The quantitative estimate of drug-likeness (QED) is 0.816. The summed E-state index contributed by atoms with van der Waals surface area (Å²) in [4.78, 5) is 4.66. The standard InChI is InChI=1S/C19H30N2O3/c22-18(15-21-10-12-23-13-11-21)14-20-8-6-19(7-9-20)24-16-17-4-2-1-3-5-17/h1-5,18-19,22H,6-16H2. The van der Waals surface area contributed by atoms with Crippen molar-refractivity contribution >= 4 is 0 Å². The highest BCUT2D eigenvalue weighted by molar-refractivity contribution is 5.13. The number of hydrogen-bond acceptors (Lipinski definition) is 5. The number of ether oxygens (including phenoxy) is 2. The van der Waals surface area contributed by atoms with Crippen LogP contribution in [0.5, 0.6) is 0 Å². The van der Waals surface area contributed by atoms with E-state index in [0.717, 1.165) is 65.3 Å². The minimum absolute atomic E-state index is 0.273. The lowest BCUT2D eigenvalue weighted by molar-refractivity contribution is -0.0203. The fraction of sp³-hybridized carbons (Fsp3) is 0.684. The Hall–Kier alpha value is -0.980. The fourth-order valence-corrected chi connectivity index (χ4v) is 3.48. The van der Waals surface area contributed by atoms with Crippen LogP contribution in [0.1, 0.15) is 18.4 Å². The number of morpholine rings is 1. The average Bonchev–Trinajstić information content (AvgIpc) is 2.63. The lowest BCUT2D eigenvalue weighted by atomic mass is 10.1. The molecule has 5 heteroatoms. The molecular weight excluding hydrogens is 304 g/mol. The molecule has 1 atom stereocenters. The largest absolute Gasteiger partial charge is 0.390 e. The third kappa shape index (κ3) is 5.83. The molecule has 0 amide bonds. The van der Waals surface area contributed by atoms with Crippen molar-refractivity contribution in [3.05, 3.63) is 35.9 Å². The first kappa shape index (κ1) is 17.8. The summed E-state index contributed by atoms with van der Waals surface area (Å²) in [6.45, 7) is 7.70. The van der Waals surface area contributed by atoms with Gasteiger partial charge in [-0.25, -0.2) is 0 Å². The first-order valence-electron chi connectivity index (χ1n) is 9.15. The van der Waals surface area contributed by atoms with Crippen LogP contribution in [0.4, 0.5) is 0 Å². The normalized spacial score (nSPS) is 22.5. The van der Waals surface area contributed by atoms with Crippen LogP contribution in [0.2, 0.25) is 0 Å². The third-order valence-electron chi connectivity index (χ3n) is 4.90. The Labute approximate surface area is 145 Å². The van der Waals surface area contributed by atoms with Crippen LogP contribution >= 0.6 is 0 Å². The minimum Gasteiger partial charge on any atom is -0.390 e. The smallest absolute Gasteiger partial charge is 0.0793 e. The molecule has 1 aromatic rings. The van der Waals surface area contributed by atoms with Gasteiger partial charge in [0.15, 0.2) is 0 Å². The maximum Gasteiger partial charge on any atom is 0.0793 e. The molecule has 2 fully saturated rings. The SMILES string of the molecule is OC(CN1CCOCC1)CN1CCC(OCc2ccccc2)CC1. The molecule has 1 unspecified atom stereocenters. The zero-order valence-electron chi connectivity index (χ0n) is 14.5. The Bertz CT molecular complexity index is 457. The first-order chi connectivity index (χ1) is 11.8. The first-order valence-corrected chi connectivity index (χ1v) is 9.15. The molecule has 1 aromatic carbocycles. The van der Waals surface area contributed by atoms with Gasteiger partial charge in [0, 0.05) is 39.3 Å². The van der Waals surface area contributed by atoms with E-state index < -0.39 is 0 Å². The molecule has 2 heterocycles. The lowest BCUT2D eigenvalue weighted by Gasteiger charge is -2.35. The van der Waals surface area contributed by atoms with Crippen molar-refractivity contribution in [1.82, 2.24) is 9.80 Å². The summed E-state index contributed by atoms with van der Waals surface area (Å²) in [5, 5.41) is 10.3. The molecule has 2 aliphatic heterocycles. The zero-order chi connectivity index (χ0) is 16.6. The van der Waals surface area contributed by atoms with E-state index in [0.29, 0.717) is 12.7 Å². The van der Waals surface area contributed by atoms with Crippen LogP contribution in [0.3, 0.4) is 0 Å². The van der Waals surface area contributed by atoms with Gasteiger partial charge in [-0.3, -0.25) is 4.90 Å². The number of nitrogens with zero attached hydrogens (tertiary/aromatic N) is 2. The molecule has 3 rings (SSSR count). The highest BCUT2D eigenvalue weighted by atomic mass is 16.5. The van der Waals surface area contributed by atoms with Gasteiger partial charge in [-0.2, -0.15) is 0 Å². The molecule has 1 N–H and O–H groups in total. The fourth-order valence-electron chi connectivity index (χ4n) is 3.48. The summed E-state index contributed by atoms with van der Waals surface area (Å²) in [6.07, 6.45) is 2.18. The predicted octanol–water partition coefficient (Wildman–Crippen LogP) is 1.36. The van der Waals surface area contributed by atoms with Crippen molar-refractivity contribution in [2.24, 2.45) is 0 Å². The summed E-state index contributed by atoms with van der Waals surface area (Å²) < 4.78 is 11.4. The van der Waals surface area contributed by atoms with Gasteiger partial charge in [-0.05, 0) is 18.4 Å². The zero-order valence-corrected chi connectivity index (χ0v) is 14.5. The number of β-amino-alcohol motifs (C(OH)–C–C–N with tert-alkyl or cyclic N) is 1. The molecule has 134 valence electrons. The van der Waals surface area contributed by atoms with E-state index in [1.165, 1.54) is 5.56 Å². The maximum atomic E-state index is 10.3. The van der Waals surface area contributed by atoms with Crippen LogP contribution in [0.15, 0.2) is 30.3 Å². The predicted molar refractivity (Wildman–Crippen MR) is 94.0 cm³/mol. The molecule has 0 radical (unpaired) electrons. The Morgan fingerprint density at radius 2 is 1.62 bits per heavy atom. The number of benzene rings is 1. The maximum absolute atomic E-state index is 10.3. The van der Waals surface area contributed by atoms with Gasteiger partial charge < -0.3 is 19.5 Å². The van der Waals surface area contributed by atoms with Crippen molar-refractivity contribution in [2.75, 3.05) is 52.5 Å². The van der Waals surface area contributed by atoms with E-state index in [-0.39, 0.29) is 6.10 Å². The molecule has 0 aromatic heterocycles. The second-order valence-corrected chi connectivity index (χ2v) is 6.86. The molecule has 0 bridgehead atoms. The molecular formula is C19H30N2O3. The van der Waals surface area contributed by atoms with Crippen LogP contribution < -0.4 is 0 Å². The monoisotopic (exact) mass is 334 g/mol. The highest BCUT2D eigenvalue weighted by Gasteiger charge is 2.23. The summed E-state index contributed by atoms with van der Waals surface area (Å²) >= 11 is 0. The van der Waals surface area contributed by atoms with E-state index in [1.54, 1.807) is 0 Å². The Morgan fingerprint density at radius 1 is 1.00 bits per heavy atom. The van der Waals surface area contributed by atoms with Crippen LogP contribution in [-0.4, -0.2) is 79.6 Å². The summed E-state index contributed by atoms with van der Waals surface area (Å²) in [5.41, 5.74) is 1.24. The Morgan fingerprint density at radius 3 is 2.29 bits per heavy atom. The van der Waals surface area contributed by atoms with Gasteiger partial charge in [-0.15, -0.1) is 0 Å². The third-order valence-corrected chi connectivity index (χ3v) is 4.90. The lowest BCUT2D eigenvalue weighted by Crippen LogP contribution is -2.46. The van der Waals surface area contributed by atoms with E-state index in [1.807, 2.05) is 6.07 Å². The van der Waals surface area contributed by atoms with Crippen LogP contribution in [0.25, 0.3) is 0 Å². The van der Waals surface area contributed by atoms with Crippen LogP contribution in [-0.2, 0) is 16.1 Å². The molecule has 0 spiro atoms. The number of piperidine rings is 1. The van der Waals surface area contributed by atoms with Crippen LogP contribution in [0, 0.1) is 0 Å². The highest BCUT2D eigenvalue weighted by Crippen LogP contribution is 2.16. The van der Waals surface area contributed by atoms with Gasteiger partial charge in [0.2, 0.25) is 0 Å². The van der Waals surface area contributed by atoms with Gasteiger partial charge in [0.1, 0.15) is 0 Å². The topological polar surface area (TPSA) is 45.2 Å². The molecule has 2 aliphatic rings. The van der Waals surface area contributed by atoms with Crippen molar-refractivity contribution in [2.45, 2.75) is 31.7 Å². The average molecular weight is 334 g/mol. The van der Waals surface area contributed by atoms with E-state index in [2.05, 4.69) is 34.1 Å². The van der Waals surface area contributed by atoms with Crippen molar-refractivity contribution in [3.63, 3.8) is 0 Å². The van der Waals surface area contributed by atoms with Crippen molar-refractivity contribution < 1.29 is 14.6 Å². The molecule has 5 nitrogen and oxygen atoms in total. The molecule has 24 heavy (non-hydrogen) atoms. The molecule has 0 aliphatic carbocycles. The van der Waals surface area contributed by atoms with E-state index >= 15 is 0 Å². The Balaban J connectivity index is 1.31. The second kappa shape index (κ2) is 9.49. The van der Waals surface area contributed by atoms with Crippen molar-refractivity contribution in [1.29, 1.82) is 0 Å². The van der Waals surface area contributed by atoms with Gasteiger partial charge in [0.05, 0.1) is 32.0 Å². The number of aliphatic hydroxyl groups excluding tert-OH is 1. The van der Waals surface area contributed by atoms with Gasteiger partial charge >= 0.3 is 0 Å². The number of aliphatic hydroxyl groups is 1. The second-order valence-electron chi connectivity index (χ2n) is 6.86. The minimum atomic E-state index is -0.273. The van der Waals surface area contributed by atoms with E-state index in [4.69, 9.17) is 9.47 Å². The summed E-state index contributed by atoms with van der Waals surface area (Å²) in [5.74, 6) is 0. The molecule has 2 saturated heterocycles. The Kier molecular flexibility index (Phi) is 7.05. The van der Waals surface area contributed by atoms with Gasteiger partial charge in [0.25, 0.3) is 0 Å². The number of likely N-dealkylation sites (tertiary alicyclic amines) is 1. The summed E-state index contributed by atoms with van der Waals surface area (Å²) in [7, 11) is 0.